The van der Waals surface area contributed by atoms with Gasteiger partial charge in [-0.2, -0.15) is 0 Å². The number of thiol groups is 1. The van der Waals surface area contributed by atoms with Crippen molar-refractivity contribution in [2.24, 2.45) is 5.73 Å². The molecular weight excluding hydrogens is 118 g/mol. The molecule has 0 aromatic rings. The van der Waals surface area contributed by atoms with E-state index in [9.17, 15) is 0 Å². The largest absolute Gasteiger partial charge is 0.394 e. The van der Waals surface area contributed by atoms with E-state index in [-0.39, 0.29) is 0 Å². The van der Waals surface area contributed by atoms with Gasteiger partial charge in [-0.05, 0) is 6.08 Å². The zero-order valence-corrected chi connectivity index (χ0v) is 5.44. The molecule has 2 N–H and O–H groups in total. The average Bonchev–Trinajstić information content (AvgIpc) is 1.66. The molecule has 0 saturated carbocycles. The molecule has 0 rings (SSSR count). The third kappa shape index (κ3) is 5.37. The van der Waals surface area contributed by atoms with Crippen LogP contribution in [0.4, 0.5) is 0 Å². The molecule has 8 heavy (non-hydrogen) atoms. The Kier molecular flexibility index (Phi) is 4.17. The van der Waals surface area contributed by atoms with Crippen LogP contribution in [-0.4, -0.2) is 0 Å². The second kappa shape index (κ2) is 4.53. The van der Waals surface area contributed by atoms with Gasteiger partial charge < -0.3 is 5.73 Å². The lowest BCUT2D eigenvalue weighted by Crippen LogP contribution is -1.83. The van der Waals surface area contributed by atoms with Crippen molar-refractivity contribution in [2.45, 2.75) is 0 Å². The van der Waals surface area contributed by atoms with Gasteiger partial charge in [0.2, 0.25) is 0 Å². The Hall–Kier alpha value is -0.630. The minimum absolute atomic E-state index is 0.503. The maximum absolute atomic E-state index is 5.17. The summed E-state index contributed by atoms with van der Waals surface area (Å²) in [6, 6.07) is 0. The van der Waals surface area contributed by atoms with E-state index in [0.717, 1.165) is 0 Å². The molecule has 1 nitrogen and oxygen atoms in total. The molecule has 0 aromatic heterocycles. The van der Waals surface area contributed by atoms with Crippen LogP contribution in [0.1, 0.15) is 0 Å². The molecule has 0 saturated heterocycles. The first kappa shape index (κ1) is 7.37. The average molecular weight is 127 g/mol. The highest BCUT2D eigenvalue weighted by Crippen LogP contribution is 1.88. The second-order valence-electron chi connectivity index (χ2n) is 1.21. The van der Waals surface area contributed by atoms with E-state index in [4.69, 9.17) is 5.73 Å². The second-order valence-corrected chi connectivity index (χ2v) is 1.73. The van der Waals surface area contributed by atoms with Crippen LogP contribution < -0.4 is 5.73 Å². The lowest BCUT2D eigenvalue weighted by molar-refractivity contribution is 1.56. The number of hydrogen-bond acceptors (Lipinski definition) is 2. The van der Waals surface area contributed by atoms with Gasteiger partial charge in [-0.1, -0.05) is 24.8 Å². The maximum Gasteiger partial charge on any atom is 0.0624 e. The molecule has 0 unspecified atom stereocenters. The van der Waals surface area contributed by atoms with Gasteiger partial charge in [0, 0.05) is 0 Å². The first-order chi connectivity index (χ1) is 3.77. The third-order valence-electron chi connectivity index (χ3n) is 0.514. The number of hydrogen-bond donors (Lipinski definition) is 2. The fraction of sp³-hybridized carbons (Fsp3) is 0. The summed E-state index contributed by atoms with van der Waals surface area (Å²) < 4.78 is 0. The molecule has 0 fully saturated rings. The Morgan fingerprint density at radius 1 is 1.50 bits per heavy atom. The first-order valence-electron chi connectivity index (χ1n) is 2.21. The van der Waals surface area contributed by atoms with Crippen LogP contribution in [0.3, 0.4) is 0 Å². The summed E-state index contributed by atoms with van der Waals surface area (Å²) in [6.45, 7) is 3.48. The zero-order valence-electron chi connectivity index (χ0n) is 4.54. The van der Waals surface area contributed by atoms with E-state index in [0.29, 0.717) is 5.03 Å². The van der Waals surface area contributed by atoms with Gasteiger partial charge in [-0.25, -0.2) is 0 Å². The fourth-order valence-corrected chi connectivity index (χ4v) is 0.319. The molecule has 0 aliphatic carbocycles. The predicted molar refractivity (Wildman–Crippen MR) is 40.6 cm³/mol. The van der Waals surface area contributed by atoms with Crippen LogP contribution in [0.15, 0.2) is 35.9 Å². The smallest absolute Gasteiger partial charge is 0.0624 e. The summed E-state index contributed by atoms with van der Waals surface area (Å²) >= 11 is 3.82. The van der Waals surface area contributed by atoms with Crippen molar-refractivity contribution < 1.29 is 0 Å². The summed E-state index contributed by atoms with van der Waals surface area (Å²) in [7, 11) is 0. The predicted octanol–water partition coefficient (Wildman–Crippen LogP) is 1.46. The van der Waals surface area contributed by atoms with Crippen molar-refractivity contribution in [1.29, 1.82) is 0 Å². The highest BCUT2D eigenvalue weighted by molar-refractivity contribution is 7.84. The Bertz CT molecular complexity index is 120. The number of rotatable bonds is 2. The van der Waals surface area contributed by atoms with E-state index in [1.54, 1.807) is 24.3 Å². The number of nitrogens with two attached hydrogens (primary N) is 1. The van der Waals surface area contributed by atoms with Crippen LogP contribution in [0.5, 0.6) is 0 Å². The van der Waals surface area contributed by atoms with Gasteiger partial charge >= 0.3 is 0 Å². The molecule has 0 aromatic carbocycles. The summed E-state index contributed by atoms with van der Waals surface area (Å²) in [4.78, 5) is 0. The topological polar surface area (TPSA) is 26.0 Å². The van der Waals surface area contributed by atoms with Gasteiger partial charge in [0.15, 0.2) is 0 Å². The van der Waals surface area contributed by atoms with Crippen molar-refractivity contribution in [3.63, 3.8) is 0 Å². The van der Waals surface area contributed by atoms with Crippen LogP contribution in [0.25, 0.3) is 0 Å². The van der Waals surface area contributed by atoms with Crippen molar-refractivity contribution in [1.82, 2.24) is 0 Å². The molecule has 0 amide bonds. The third-order valence-corrected chi connectivity index (χ3v) is 0.663. The first-order valence-corrected chi connectivity index (χ1v) is 2.66. The molecular formula is C6H9NS. The van der Waals surface area contributed by atoms with Crippen LogP contribution in [0.2, 0.25) is 0 Å². The van der Waals surface area contributed by atoms with Crippen LogP contribution in [0, 0.1) is 0 Å². The molecule has 0 aliphatic rings. The van der Waals surface area contributed by atoms with Crippen molar-refractivity contribution >= 4 is 12.6 Å². The standard InChI is InChI=1S/C6H9NS/c1-2-3-4-5-6(7)8/h2-5,8H,1,7H2/b4-3-,6-5+. The molecule has 0 atom stereocenters. The lowest BCUT2D eigenvalue weighted by Gasteiger charge is -1.79. The monoisotopic (exact) mass is 127 g/mol. The van der Waals surface area contributed by atoms with Gasteiger partial charge in [0.05, 0.1) is 5.03 Å². The molecule has 44 valence electrons. The zero-order chi connectivity index (χ0) is 6.41. The molecule has 0 spiro atoms. The van der Waals surface area contributed by atoms with Gasteiger partial charge in [0.1, 0.15) is 0 Å². The molecule has 2 heteroatoms. The summed E-state index contributed by atoms with van der Waals surface area (Å²) in [5.41, 5.74) is 5.17. The summed E-state index contributed by atoms with van der Waals surface area (Å²) in [6.07, 6.45) is 6.91. The van der Waals surface area contributed by atoms with E-state index in [2.05, 4.69) is 19.2 Å². The summed E-state index contributed by atoms with van der Waals surface area (Å²) in [5, 5.41) is 0.503. The van der Waals surface area contributed by atoms with Crippen LogP contribution >= 0.6 is 12.6 Å². The van der Waals surface area contributed by atoms with Gasteiger partial charge in [-0.3, -0.25) is 0 Å². The van der Waals surface area contributed by atoms with E-state index >= 15 is 0 Å². The van der Waals surface area contributed by atoms with Gasteiger partial charge in [-0.15, -0.1) is 12.6 Å². The Morgan fingerprint density at radius 3 is 2.50 bits per heavy atom. The van der Waals surface area contributed by atoms with Gasteiger partial charge in [0.25, 0.3) is 0 Å². The molecule has 0 aliphatic heterocycles. The van der Waals surface area contributed by atoms with Crippen molar-refractivity contribution in [2.75, 3.05) is 0 Å². The SMILES string of the molecule is C=C/C=C\C=C(/N)S. The Balaban J connectivity index is 3.57. The Morgan fingerprint density at radius 2 is 2.12 bits per heavy atom. The molecule has 0 bridgehead atoms. The van der Waals surface area contributed by atoms with E-state index in [1.807, 2.05) is 0 Å². The van der Waals surface area contributed by atoms with E-state index in [1.165, 1.54) is 0 Å². The minimum Gasteiger partial charge on any atom is -0.394 e. The van der Waals surface area contributed by atoms with Crippen molar-refractivity contribution in [3.05, 3.63) is 35.9 Å². The van der Waals surface area contributed by atoms with E-state index < -0.39 is 0 Å². The highest BCUT2D eigenvalue weighted by atomic mass is 32.1. The van der Waals surface area contributed by atoms with Crippen LogP contribution in [-0.2, 0) is 0 Å². The number of allylic oxidation sites excluding steroid dienone is 4. The fourth-order valence-electron chi connectivity index (χ4n) is 0.233. The Labute approximate surface area is 55.0 Å². The highest BCUT2D eigenvalue weighted by Gasteiger charge is 1.67. The normalized spacial score (nSPS) is 12.4. The maximum atomic E-state index is 5.17. The van der Waals surface area contributed by atoms with Crippen molar-refractivity contribution in [3.8, 4) is 0 Å². The molecule has 0 heterocycles. The quantitative estimate of drug-likeness (QED) is 0.426. The molecule has 0 radical (unpaired) electrons. The summed E-state index contributed by atoms with van der Waals surface area (Å²) in [5.74, 6) is 0. The minimum atomic E-state index is 0.503. The lowest BCUT2D eigenvalue weighted by atomic mass is 10.5.